The Hall–Kier alpha value is -2.02. The molecule has 88 valence electrons. The van der Waals surface area contributed by atoms with Crippen molar-refractivity contribution in [3.63, 3.8) is 0 Å². The monoisotopic (exact) mass is 257 g/mol. The van der Waals surface area contributed by atoms with Gasteiger partial charge in [-0.1, -0.05) is 11.6 Å². The fourth-order valence-corrected chi connectivity index (χ4v) is 1.49. The van der Waals surface area contributed by atoms with Crippen LogP contribution in [-0.2, 0) is 0 Å². The minimum atomic E-state index is -1.07. The quantitative estimate of drug-likeness (QED) is 0.758. The van der Waals surface area contributed by atoms with E-state index >= 15 is 0 Å². The van der Waals surface area contributed by atoms with Gasteiger partial charge in [-0.3, -0.25) is 0 Å². The average Bonchev–Trinajstić information content (AvgIpc) is 2.24. The first kappa shape index (κ1) is 11.5. The van der Waals surface area contributed by atoms with E-state index < -0.39 is 11.6 Å². The molecule has 0 bridgehead atoms. The van der Waals surface area contributed by atoms with Crippen molar-refractivity contribution < 1.29 is 8.78 Å². The van der Waals surface area contributed by atoms with Crippen LogP contribution in [0.4, 0.5) is 20.5 Å². The van der Waals surface area contributed by atoms with Crippen molar-refractivity contribution in [3.8, 4) is 11.3 Å². The zero-order valence-corrected chi connectivity index (χ0v) is 9.04. The van der Waals surface area contributed by atoms with Gasteiger partial charge in [0.05, 0.1) is 5.02 Å². The van der Waals surface area contributed by atoms with Crippen LogP contribution >= 0.6 is 11.6 Å². The molecule has 0 amide bonds. The molecule has 0 aliphatic rings. The van der Waals surface area contributed by atoms with E-state index in [2.05, 4.69) is 15.2 Å². The lowest BCUT2D eigenvalue weighted by atomic mass is 10.1. The van der Waals surface area contributed by atoms with Crippen LogP contribution in [-0.4, -0.2) is 15.2 Å². The summed E-state index contributed by atoms with van der Waals surface area (Å²) < 4.78 is 26.0. The number of anilines is 2. The second-order valence-electron chi connectivity index (χ2n) is 3.15. The zero-order valence-electron chi connectivity index (χ0n) is 8.28. The van der Waals surface area contributed by atoms with E-state index in [9.17, 15) is 8.78 Å². The first-order valence-corrected chi connectivity index (χ1v) is 4.77. The molecule has 0 fully saturated rings. The van der Waals surface area contributed by atoms with E-state index in [1.807, 2.05) is 0 Å². The van der Waals surface area contributed by atoms with Gasteiger partial charge in [0, 0.05) is 5.56 Å². The molecule has 17 heavy (non-hydrogen) atoms. The third kappa shape index (κ3) is 2.09. The van der Waals surface area contributed by atoms with E-state index in [0.29, 0.717) is 0 Å². The van der Waals surface area contributed by atoms with Crippen molar-refractivity contribution in [2.75, 3.05) is 11.5 Å². The van der Waals surface area contributed by atoms with Crippen LogP contribution in [0.5, 0.6) is 0 Å². The number of halogens is 3. The van der Waals surface area contributed by atoms with E-state index in [1.165, 1.54) is 0 Å². The molecule has 4 N–H and O–H groups in total. The predicted molar refractivity (Wildman–Crippen MR) is 59.0 cm³/mol. The normalized spacial score (nSPS) is 10.5. The summed E-state index contributed by atoms with van der Waals surface area (Å²) in [6.07, 6.45) is 0. The number of nitrogens with zero attached hydrogens (tertiary/aromatic N) is 3. The summed E-state index contributed by atoms with van der Waals surface area (Å²) >= 11 is 5.76. The first-order chi connectivity index (χ1) is 7.99. The highest BCUT2D eigenvalue weighted by atomic mass is 35.5. The molecule has 2 aromatic rings. The maximum Gasteiger partial charge on any atom is 0.242 e. The summed E-state index contributed by atoms with van der Waals surface area (Å²) in [5.41, 5.74) is 11.0. The van der Waals surface area contributed by atoms with Gasteiger partial charge in [-0.2, -0.15) is 4.98 Å². The second-order valence-corrected chi connectivity index (χ2v) is 3.56. The molecule has 0 spiro atoms. The van der Waals surface area contributed by atoms with Gasteiger partial charge in [-0.25, -0.2) is 8.78 Å². The van der Waals surface area contributed by atoms with Crippen LogP contribution in [0, 0.1) is 11.6 Å². The molecule has 0 atom stereocenters. The summed E-state index contributed by atoms with van der Waals surface area (Å²) in [6, 6.07) is 1.69. The van der Waals surface area contributed by atoms with E-state index in [-0.39, 0.29) is 28.0 Å². The third-order valence-corrected chi connectivity index (χ3v) is 2.31. The van der Waals surface area contributed by atoms with E-state index in [4.69, 9.17) is 23.1 Å². The summed E-state index contributed by atoms with van der Waals surface area (Å²) in [5.74, 6) is -2.31. The molecule has 2 rings (SSSR count). The molecule has 0 radical (unpaired) electrons. The van der Waals surface area contributed by atoms with Crippen LogP contribution in [0.2, 0.25) is 5.02 Å². The fourth-order valence-electron chi connectivity index (χ4n) is 1.25. The molecular weight excluding hydrogens is 252 g/mol. The molecule has 0 unspecified atom stereocenters. The molecule has 1 aromatic carbocycles. The maximum absolute atomic E-state index is 13.1. The maximum atomic E-state index is 13.1. The van der Waals surface area contributed by atoms with Crippen molar-refractivity contribution in [2.45, 2.75) is 0 Å². The second kappa shape index (κ2) is 4.10. The van der Waals surface area contributed by atoms with Gasteiger partial charge in [0.2, 0.25) is 5.95 Å². The van der Waals surface area contributed by atoms with Crippen LogP contribution < -0.4 is 11.5 Å². The number of nitrogen functional groups attached to an aromatic ring is 2. The highest BCUT2D eigenvalue weighted by Gasteiger charge is 2.15. The minimum Gasteiger partial charge on any atom is -0.382 e. The number of aromatic nitrogens is 3. The van der Waals surface area contributed by atoms with Gasteiger partial charge in [-0.05, 0) is 12.1 Å². The molecule has 8 heteroatoms. The van der Waals surface area contributed by atoms with Gasteiger partial charge in [0.15, 0.2) is 17.5 Å². The number of hydrogen-bond acceptors (Lipinski definition) is 5. The Morgan fingerprint density at radius 1 is 1.06 bits per heavy atom. The lowest BCUT2D eigenvalue weighted by molar-refractivity contribution is 0.509. The molecule has 0 saturated heterocycles. The number of nitrogens with two attached hydrogens (primary N) is 2. The van der Waals surface area contributed by atoms with Gasteiger partial charge in [-0.15, -0.1) is 10.2 Å². The average molecular weight is 258 g/mol. The molecule has 0 saturated carbocycles. The summed E-state index contributed by atoms with van der Waals surface area (Å²) in [6.45, 7) is 0. The van der Waals surface area contributed by atoms with Crippen LogP contribution in [0.3, 0.4) is 0 Å². The minimum absolute atomic E-state index is 0.0445. The summed E-state index contributed by atoms with van der Waals surface area (Å²) in [7, 11) is 0. The van der Waals surface area contributed by atoms with Crippen molar-refractivity contribution in [2.24, 2.45) is 0 Å². The highest BCUT2D eigenvalue weighted by molar-refractivity contribution is 6.33. The molecule has 5 nitrogen and oxygen atoms in total. The highest BCUT2D eigenvalue weighted by Crippen LogP contribution is 2.30. The van der Waals surface area contributed by atoms with Crippen molar-refractivity contribution >= 4 is 23.4 Å². The fraction of sp³-hybridized carbons (Fsp3) is 0. The van der Waals surface area contributed by atoms with E-state index in [1.54, 1.807) is 0 Å². The van der Waals surface area contributed by atoms with Gasteiger partial charge in [0.25, 0.3) is 0 Å². The number of rotatable bonds is 1. The number of hydrogen-bond donors (Lipinski definition) is 2. The van der Waals surface area contributed by atoms with Gasteiger partial charge >= 0.3 is 0 Å². The molecule has 1 heterocycles. The Kier molecular flexibility index (Phi) is 2.76. The first-order valence-electron chi connectivity index (χ1n) is 4.39. The van der Waals surface area contributed by atoms with Gasteiger partial charge in [0.1, 0.15) is 5.69 Å². The Bertz CT molecular complexity index is 590. The Morgan fingerprint density at radius 3 is 2.35 bits per heavy atom. The lowest BCUT2D eigenvalue weighted by Crippen LogP contribution is -2.05. The predicted octanol–water partition coefficient (Wildman–Crippen LogP) is 1.63. The standard InChI is InChI=1S/C9H6ClF2N5/c10-4-2-6(12)5(11)1-3(4)7-8(13)15-9(14)17-16-7/h1-2H,(H4,13,14,15,17). The Labute approximate surface area is 99.4 Å². The van der Waals surface area contributed by atoms with Crippen LogP contribution in [0.1, 0.15) is 0 Å². The summed E-state index contributed by atoms with van der Waals surface area (Å²) in [5, 5.41) is 7.07. The molecular formula is C9H6ClF2N5. The zero-order chi connectivity index (χ0) is 12.6. The lowest BCUT2D eigenvalue weighted by Gasteiger charge is -2.06. The molecule has 0 aliphatic heterocycles. The topological polar surface area (TPSA) is 90.7 Å². The van der Waals surface area contributed by atoms with Crippen LogP contribution in [0.15, 0.2) is 12.1 Å². The third-order valence-electron chi connectivity index (χ3n) is 2.00. The molecule has 0 aliphatic carbocycles. The Morgan fingerprint density at radius 2 is 1.71 bits per heavy atom. The molecule has 1 aromatic heterocycles. The summed E-state index contributed by atoms with van der Waals surface area (Å²) in [4.78, 5) is 3.65. The largest absolute Gasteiger partial charge is 0.382 e. The van der Waals surface area contributed by atoms with Crippen molar-refractivity contribution in [3.05, 3.63) is 28.8 Å². The van der Waals surface area contributed by atoms with Crippen LogP contribution in [0.25, 0.3) is 11.3 Å². The van der Waals surface area contributed by atoms with Crippen molar-refractivity contribution in [1.82, 2.24) is 15.2 Å². The SMILES string of the molecule is Nc1nnc(-c2cc(F)c(F)cc2Cl)c(N)n1. The van der Waals surface area contributed by atoms with Gasteiger partial charge < -0.3 is 11.5 Å². The Balaban J connectivity index is 2.64. The number of benzene rings is 1. The van der Waals surface area contributed by atoms with Crippen molar-refractivity contribution in [1.29, 1.82) is 0 Å². The smallest absolute Gasteiger partial charge is 0.242 e. The van der Waals surface area contributed by atoms with E-state index in [0.717, 1.165) is 12.1 Å².